The first-order valence-corrected chi connectivity index (χ1v) is 18.8. The summed E-state index contributed by atoms with van der Waals surface area (Å²) in [4.78, 5) is 22.5. The highest BCUT2D eigenvalue weighted by molar-refractivity contribution is 7.47. The normalized spacial score (nSPS) is 14.7. The molecular formula is C33H67N2O6P. The molecule has 5 N–H and O–H groups in total. The van der Waals surface area contributed by atoms with Crippen molar-refractivity contribution in [3.05, 3.63) is 12.2 Å². The van der Waals surface area contributed by atoms with E-state index in [0.717, 1.165) is 57.8 Å². The van der Waals surface area contributed by atoms with Crippen molar-refractivity contribution < 1.29 is 28.4 Å². The maximum Gasteiger partial charge on any atom is 0.472 e. The molecule has 0 aromatic carbocycles. The number of amides is 1. The monoisotopic (exact) mass is 618 g/mol. The summed E-state index contributed by atoms with van der Waals surface area (Å²) in [7, 11) is -4.30. The molecule has 1 amide bonds. The first-order valence-electron chi connectivity index (χ1n) is 17.3. The lowest BCUT2D eigenvalue weighted by molar-refractivity contribution is -0.123. The summed E-state index contributed by atoms with van der Waals surface area (Å²) >= 11 is 0. The van der Waals surface area contributed by atoms with Gasteiger partial charge in [-0.3, -0.25) is 13.8 Å². The van der Waals surface area contributed by atoms with Gasteiger partial charge in [0.1, 0.15) is 0 Å². The van der Waals surface area contributed by atoms with Gasteiger partial charge in [-0.1, -0.05) is 135 Å². The standard InChI is InChI=1S/C33H67N2O6P/c1-3-5-7-9-11-13-15-16-17-18-20-22-24-26-32(36)31(30-41-42(38,39)40-29-28-34)35-33(37)27-25-23-21-19-14-12-10-8-6-4-2/h8,10,31-32,36H,3-7,9,11-30,34H2,1-2H3,(H,35,37)(H,38,39)/b10-8-. The van der Waals surface area contributed by atoms with Gasteiger partial charge in [-0.2, -0.15) is 0 Å². The average molecular weight is 619 g/mol. The Hall–Kier alpha value is -0.760. The number of unbranched alkanes of at least 4 members (excludes halogenated alkanes) is 18. The zero-order valence-electron chi connectivity index (χ0n) is 27.2. The van der Waals surface area contributed by atoms with Gasteiger partial charge in [0.15, 0.2) is 0 Å². The Labute approximate surface area is 258 Å². The number of phosphoric ester groups is 1. The molecule has 0 rings (SSSR count). The van der Waals surface area contributed by atoms with Crippen LogP contribution in [-0.4, -0.2) is 47.8 Å². The molecule has 0 aromatic heterocycles. The molecule has 8 nitrogen and oxygen atoms in total. The second kappa shape index (κ2) is 30.3. The van der Waals surface area contributed by atoms with Gasteiger partial charge in [-0.25, -0.2) is 4.57 Å². The Morgan fingerprint density at radius 1 is 0.762 bits per heavy atom. The van der Waals surface area contributed by atoms with Gasteiger partial charge in [0.2, 0.25) is 5.91 Å². The molecule has 3 unspecified atom stereocenters. The molecule has 0 bridgehead atoms. The summed E-state index contributed by atoms with van der Waals surface area (Å²) in [5.41, 5.74) is 5.34. The van der Waals surface area contributed by atoms with E-state index in [1.807, 2.05) is 0 Å². The lowest BCUT2D eigenvalue weighted by Crippen LogP contribution is -2.46. The number of rotatable bonds is 32. The maximum absolute atomic E-state index is 12.6. The van der Waals surface area contributed by atoms with Gasteiger partial charge < -0.3 is 21.1 Å². The largest absolute Gasteiger partial charge is 0.472 e. The summed E-state index contributed by atoms with van der Waals surface area (Å²) in [5.74, 6) is -0.175. The topological polar surface area (TPSA) is 131 Å². The second-order valence-corrected chi connectivity index (χ2v) is 13.2. The number of carbonyl (C=O) groups is 1. The molecular weight excluding hydrogens is 551 g/mol. The fraction of sp³-hybridized carbons (Fsp3) is 0.909. The van der Waals surface area contributed by atoms with E-state index >= 15 is 0 Å². The first kappa shape index (κ1) is 41.2. The number of nitrogens with two attached hydrogens (primary N) is 1. The summed E-state index contributed by atoms with van der Waals surface area (Å²) < 4.78 is 22.0. The van der Waals surface area contributed by atoms with Crippen LogP contribution in [-0.2, 0) is 18.4 Å². The van der Waals surface area contributed by atoms with Crippen molar-refractivity contribution >= 4 is 13.7 Å². The van der Waals surface area contributed by atoms with E-state index in [1.54, 1.807) is 0 Å². The van der Waals surface area contributed by atoms with Crippen molar-refractivity contribution in [2.75, 3.05) is 19.8 Å². The van der Waals surface area contributed by atoms with Crippen molar-refractivity contribution in [3.63, 3.8) is 0 Å². The summed E-state index contributed by atoms with van der Waals surface area (Å²) in [6.45, 7) is 4.11. The van der Waals surface area contributed by atoms with Gasteiger partial charge in [-0.05, 0) is 32.1 Å². The van der Waals surface area contributed by atoms with Crippen LogP contribution in [0.1, 0.15) is 162 Å². The van der Waals surface area contributed by atoms with Crippen molar-refractivity contribution in [2.24, 2.45) is 5.73 Å². The van der Waals surface area contributed by atoms with Crippen LogP contribution in [0.5, 0.6) is 0 Å². The highest BCUT2D eigenvalue weighted by atomic mass is 31.2. The van der Waals surface area contributed by atoms with E-state index in [2.05, 4.69) is 31.3 Å². The van der Waals surface area contributed by atoms with Crippen LogP contribution in [0, 0.1) is 0 Å². The third-order valence-corrected chi connectivity index (χ3v) is 8.58. The van der Waals surface area contributed by atoms with E-state index in [0.29, 0.717) is 12.8 Å². The fourth-order valence-electron chi connectivity index (χ4n) is 4.96. The summed E-state index contributed by atoms with van der Waals surface area (Å²) in [6.07, 6.45) is 29.3. The molecule has 0 aliphatic rings. The zero-order chi connectivity index (χ0) is 31.2. The first-order chi connectivity index (χ1) is 20.4. The van der Waals surface area contributed by atoms with Crippen molar-refractivity contribution in [3.8, 4) is 0 Å². The number of hydrogen-bond acceptors (Lipinski definition) is 6. The van der Waals surface area contributed by atoms with Gasteiger partial charge in [-0.15, -0.1) is 0 Å². The number of aliphatic hydroxyl groups is 1. The third kappa shape index (κ3) is 28.0. The molecule has 0 aliphatic carbocycles. The molecule has 0 aromatic rings. The van der Waals surface area contributed by atoms with Crippen LogP contribution in [0.25, 0.3) is 0 Å². The van der Waals surface area contributed by atoms with Crippen LogP contribution in [0.3, 0.4) is 0 Å². The molecule has 0 aliphatic heterocycles. The Kier molecular flexibility index (Phi) is 29.7. The molecule has 0 spiro atoms. The van der Waals surface area contributed by atoms with Crippen LogP contribution in [0.2, 0.25) is 0 Å². The van der Waals surface area contributed by atoms with Gasteiger partial charge in [0.05, 0.1) is 25.4 Å². The molecule has 0 fully saturated rings. The van der Waals surface area contributed by atoms with Gasteiger partial charge >= 0.3 is 7.82 Å². The van der Waals surface area contributed by atoms with Crippen molar-refractivity contribution in [1.82, 2.24) is 5.32 Å². The minimum Gasteiger partial charge on any atom is -0.391 e. The van der Waals surface area contributed by atoms with Crippen LogP contribution in [0.15, 0.2) is 12.2 Å². The number of nitrogens with one attached hydrogen (secondary N) is 1. The predicted octanol–water partition coefficient (Wildman–Crippen LogP) is 8.49. The highest BCUT2D eigenvalue weighted by Gasteiger charge is 2.27. The second-order valence-electron chi connectivity index (χ2n) is 11.7. The van der Waals surface area contributed by atoms with Gasteiger partial charge in [0.25, 0.3) is 0 Å². The summed E-state index contributed by atoms with van der Waals surface area (Å²) in [6, 6.07) is -0.772. The fourth-order valence-corrected chi connectivity index (χ4v) is 5.72. The number of carbonyl (C=O) groups excluding carboxylic acids is 1. The number of phosphoric acid groups is 1. The Morgan fingerprint density at radius 2 is 1.29 bits per heavy atom. The van der Waals surface area contributed by atoms with E-state index in [-0.39, 0.29) is 25.7 Å². The minimum absolute atomic E-state index is 0.0886. The van der Waals surface area contributed by atoms with Gasteiger partial charge in [0, 0.05) is 13.0 Å². The predicted molar refractivity (Wildman–Crippen MR) is 175 cm³/mol. The third-order valence-electron chi connectivity index (χ3n) is 7.60. The van der Waals surface area contributed by atoms with E-state index in [9.17, 15) is 19.4 Å². The maximum atomic E-state index is 12.6. The van der Waals surface area contributed by atoms with Crippen LogP contribution in [0.4, 0.5) is 0 Å². The van der Waals surface area contributed by atoms with Crippen molar-refractivity contribution in [1.29, 1.82) is 0 Å². The van der Waals surface area contributed by atoms with Crippen LogP contribution >= 0.6 is 7.82 Å². The SMILES string of the molecule is CCC/C=C\CCCCCCCC(=O)NC(COP(=O)(O)OCCN)C(O)CCCCCCCCCCCCCCC. The van der Waals surface area contributed by atoms with Crippen molar-refractivity contribution in [2.45, 2.75) is 174 Å². The minimum atomic E-state index is -4.30. The van der Waals surface area contributed by atoms with E-state index < -0.39 is 20.0 Å². The Morgan fingerprint density at radius 3 is 1.86 bits per heavy atom. The average Bonchev–Trinajstić information content (AvgIpc) is 2.97. The highest BCUT2D eigenvalue weighted by Crippen LogP contribution is 2.43. The molecule has 9 heteroatoms. The summed E-state index contributed by atoms with van der Waals surface area (Å²) in [5, 5.41) is 13.7. The smallest absolute Gasteiger partial charge is 0.391 e. The Bertz CT molecular complexity index is 679. The molecule has 250 valence electrons. The lowest BCUT2D eigenvalue weighted by atomic mass is 10.0. The van der Waals surface area contributed by atoms with E-state index in [4.69, 9.17) is 14.8 Å². The molecule has 42 heavy (non-hydrogen) atoms. The molecule has 0 saturated heterocycles. The quantitative estimate of drug-likeness (QED) is 0.0338. The van der Waals surface area contributed by atoms with E-state index in [1.165, 1.54) is 77.0 Å². The van der Waals surface area contributed by atoms with Crippen LogP contribution < -0.4 is 11.1 Å². The number of hydrogen-bond donors (Lipinski definition) is 4. The Balaban J connectivity index is 4.31. The molecule has 0 radical (unpaired) electrons. The molecule has 0 heterocycles. The molecule has 0 saturated carbocycles. The zero-order valence-corrected chi connectivity index (χ0v) is 28.1. The molecule has 3 atom stereocenters. The lowest BCUT2D eigenvalue weighted by Gasteiger charge is -2.25. The number of allylic oxidation sites excluding steroid dienone is 2. The number of aliphatic hydroxyl groups excluding tert-OH is 1.